The average Bonchev–Trinajstić information content (AvgIpc) is 2.71. The van der Waals surface area contributed by atoms with Crippen LogP contribution in [0.1, 0.15) is 32.3 Å². The lowest BCUT2D eigenvalue weighted by atomic mass is 9.94. The van der Waals surface area contributed by atoms with Gasteiger partial charge in [-0.2, -0.15) is 0 Å². The van der Waals surface area contributed by atoms with Crippen molar-refractivity contribution in [2.45, 2.75) is 37.6 Å². The Bertz CT molecular complexity index is 881. The molecule has 0 fully saturated rings. The summed E-state index contributed by atoms with van der Waals surface area (Å²) in [6, 6.07) is 17.0. The third kappa shape index (κ3) is 7.42. The van der Waals surface area contributed by atoms with E-state index in [1.807, 2.05) is 13.0 Å². The van der Waals surface area contributed by atoms with E-state index in [1.165, 1.54) is 11.8 Å². The van der Waals surface area contributed by atoms with E-state index in [1.54, 1.807) is 24.3 Å². The topological polar surface area (TPSA) is 79.8 Å². The van der Waals surface area contributed by atoms with Crippen LogP contribution in [-0.4, -0.2) is 46.4 Å². The predicted molar refractivity (Wildman–Crippen MR) is 118 cm³/mol. The molecule has 0 bridgehead atoms. The Morgan fingerprint density at radius 1 is 1.07 bits per heavy atom. The van der Waals surface area contributed by atoms with E-state index in [9.17, 15) is 8.42 Å². The van der Waals surface area contributed by atoms with Crippen molar-refractivity contribution in [3.8, 4) is 5.75 Å². The highest BCUT2D eigenvalue weighted by Crippen LogP contribution is 2.18. The first kappa shape index (κ1) is 22.7. The molecule has 0 radical (unpaired) electrons. The molecule has 2 unspecified atom stereocenters. The van der Waals surface area contributed by atoms with E-state index in [2.05, 4.69) is 53.7 Å². The van der Waals surface area contributed by atoms with Crippen molar-refractivity contribution < 1.29 is 13.2 Å². The van der Waals surface area contributed by atoms with E-state index < -0.39 is 9.84 Å². The number of hydrogen-bond donors (Lipinski definition) is 2. The summed E-state index contributed by atoms with van der Waals surface area (Å²) in [4.78, 5) is 4.86. The highest BCUT2D eigenvalue weighted by molar-refractivity contribution is 7.90. The van der Waals surface area contributed by atoms with Crippen LogP contribution in [0.5, 0.6) is 5.75 Å². The summed E-state index contributed by atoms with van der Waals surface area (Å²) in [5, 5.41) is 6.71. The zero-order chi connectivity index (χ0) is 21.3. The highest BCUT2D eigenvalue weighted by Gasteiger charge is 2.15. The summed E-state index contributed by atoms with van der Waals surface area (Å²) in [5.74, 6) is 1.71. The summed E-state index contributed by atoms with van der Waals surface area (Å²) in [6.45, 7) is 8.02. The Balaban J connectivity index is 1.88. The van der Waals surface area contributed by atoms with Crippen LogP contribution in [0, 0.1) is 0 Å². The summed E-state index contributed by atoms with van der Waals surface area (Å²) in [6.07, 6.45) is 1.19. The zero-order valence-electron chi connectivity index (χ0n) is 17.6. The molecule has 0 saturated heterocycles. The van der Waals surface area contributed by atoms with Gasteiger partial charge < -0.3 is 15.4 Å². The maximum atomic E-state index is 11.5. The van der Waals surface area contributed by atoms with Gasteiger partial charge in [-0.1, -0.05) is 37.3 Å². The summed E-state index contributed by atoms with van der Waals surface area (Å²) >= 11 is 0. The molecule has 2 atom stereocenters. The summed E-state index contributed by atoms with van der Waals surface area (Å²) < 4.78 is 28.7. The standard InChI is InChI=1S/C22H31N3O3S/c1-5-23-22(25-18(3)17(2)19-9-7-6-8-10-19)24-15-16-28-20-11-13-21(14-12-20)29(4,26)27/h6-14,17-18H,5,15-16H2,1-4H3,(H2,23,24,25). The fraction of sp³-hybridized carbons (Fsp3) is 0.409. The molecule has 0 aliphatic carbocycles. The molecule has 6 nitrogen and oxygen atoms in total. The van der Waals surface area contributed by atoms with Gasteiger partial charge in [0.25, 0.3) is 0 Å². The number of nitrogens with one attached hydrogen (secondary N) is 2. The number of hydrogen-bond acceptors (Lipinski definition) is 4. The number of ether oxygens (including phenoxy) is 1. The van der Waals surface area contributed by atoms with Crippen molar-refractivity contribution in [1.29, 1.82) is 0 Å². The van der Waals surface area contributed by atoms with Gasteiger partial charge in [0.2, 0.25) is 0 Å². The van der Waals surface area contributed by atoms with Crippen LogP contribution in [0.15, 0.2) is 64.5 Å². The van der Waals surface area contributed by atoms with Crippen molar-refractivity contribution in [3.05, 3.63) is 60.2 Å². The quantitative estimate of drug-likeness (QED) is 0.372. The molecule has 2 N–H and O–H groups in total. The van der Waals surface area contributed by atoms with Gasteiger partial charge in [0.1, 0.15) is 12.4 Å². The molecular weight excluding hydrogens is 386 g/mol. The Labute approximate surface area is 174 Å². The molecule has 0 spiro atoms. The Morgan fingerprint density at radius 2 is 1.72 bits per heavy atom. The molecule has 0 aliphatic rings. The van der Waals surface area contributed by atoms with Gasteiger partial charge in [0.15, 0.2) is 15.8 Å². The lowest BCUT2D eigenvalue weighted by Crippen LogP contribution is -2.44. The highest BCUT2D eigenvalue weighted by atomic mass is 32.2. The second-order valence-corrected chi connectivity index (χ2v) is 9.00. The molecule has 7 heteroatoms. The molecule has 158 valence electrons. The van der Waals surface area contributed by atoms with Gasteiger partial charge in [0, 0.05) is 24.8 Å². The van der Waals surface area contributed by atoms with Crippen molar-refractivity contribution in [3.63, 3.8) is 0 Å². The lowest BCUT2D eigenvalue weighted by molar-refractivity contribution is 0.328. The second-order valence-electron chi connectivity index (χ2n) is 6.99. The fourth-order valence-corrected chi connectivity index (χ4v) is 3.44. The number of sulfone groups is 1. The molecular formula is C22H31N3O3S. The van der Waals surface area contributed by atoms with Crippen LogP contribution in [0.2, 0.25) is 0 Å². The van der Waals surface area contributed by atoms with Crippen LogP contribution < -0.4 is 15.4 Å². The summed E-state index contributed by atoms with van der Waals surface area (Å²) in [5.41, 5.74) is 1.28. The van der Waals surface area contributed by atoms with Gasteiger partial charge in [0.05, 0.1) is 11.4 Å². The smallest absolute Gasteiger partial charge is 0.191 e. The zero-order valence-corrected chi connectivity index (χ0v) is 18.4. The number of guanidine groups is 1. The lowest BCUT2D eigenvalue weighted by Gasteiger charge is -2.24. The molecule has 0 aromatic heterocycles. The maximum Gasteiger partial charge on any atom is 0.191 e. The number of aliphatic imine (C=N–C) groups is 1. The van der Waals surface area contributed by atoms with E-state index >= 15 is 0 Å². The first-order valence-electron chi connectivity index (χ1n) is 9.84. The number of nitrogens with zero attached hydrogens (tertiary/aromatic N) is 1. The minimum Gasteiger partial charge on any atom is -0.492 e. The second kappa shape index (κ2) is 10.9. The van der Waals surface area contributed by atoms with E-state index in [4.69, 9.17) is 4.74 Å². The van der Waals surface area contributed by atoms with Gasteiger partial charge in [-0.3, -0.25) is 0 Å². The van der Waals surface area contributed by atoms with Crippen molar-refractivity contribution >= 4 is 15.8 Å². The normalized spacial score (nSPS) is 14.1. The molecule has 0 amide bonds. The van der Waals surface area contributed by atoms with Gasteiger partial charge in [-0.05, 0) is 43.7 Å². The van der Waals surface area contributed by atoms with Gasteiger partial charge in [-0.25, -0.2) is 13.4 Å². The van der Waals surface area contributed by atoms with Crippen LogP contribution in [0.4, 0.5) is 0 Å². The average molecular weight is 418 g/mol. The number of rotatable bonds is 9. The van der Waals surface area contributed by atoms with E-state index in [0.717, 1.165) is 12.5 Å². The van der Waals surface area contributed by atoms with Gasteiger partial charge in [-0.15, -0.1) is 0 Å². The molecule has 2 aromatic carbocycles. The number of benzene rings is 2. The maximum absolute atomic E-state index is 11.5. The predicted octanol–water partition coefficient (Wildman–Crippen LogP) is 3.22. The van der Waals surface area contributed by atoms with E-state index in [-0.39, 0.29) is 10.9 Å². The molecule has 2 aromatic rings. The Morgan fingerprint density at radius 3 is 2.31 bits per heavy atom. The van der Waals surface area contributed by atoms with Crippen LogP contribution >= 0.6 is 0 Å². The molecule has 29 heavy (non-hydrogen) atoms. The van der Waals surface area contributed by atoms with Crippen molar-refractivity contribution in [2.75, 3.05) is 26.0 Å². The monoisotopic (exact) mass is 417 g/mol. The SMILES string of the molecule is CCNC(=NCCOc1ccc(S(C)(=O)=O)cc1)NC(C)C(C)c1ccccc1. The minimum absolute atomic E-state index is 0.208. The Hall–Kier alpha value is -2.54. The first-order chi connectivity index (χ1) is 13.8. The van der Waals surface area contributed by atoms with Crippen LogP contribution in [0.25, 0.3) is 0 Å². The van der Waals surface area contributed by atoms with Crippen molar-refractivity contribution in [2.24, 2.45) is 4.99 Å². The fourth-order valence-electron chi connectivity index (χ4n) is 2.81. The third-order valence-corrected chi connectivity index (χ3v) is 5.79. The molecule has 2 rings (SSSR count). The third-order valence-electron chi connectivity index (χ3n) is 4.67. The Kier molecular flexibility index (Phi) is 8.51. The molecule has 0 aliphatic heterocycles. The molecule has 0 heterocycles. The summed E-state index contributed by atoms with van der Waals surface area (Å²) in [7, 11) is -3.20. The first-order valence-corrected chi connectivity index (χ1v) is 11.7. The van der Waals surface area contributed by atoms with Crippen molar-refractivity contribution in [1.82, 2.24) is 10.6 Å². The van der Waals surface area contributed by atoms with Crippen LogP contribution in [-0.2, 0) is 9.84 Å². The minimum atomic E-state index is -3.20. The van der Waals surface area contributed by atoms with E-state index in [0.29, 0.717) is 24.8 Å². The van der Waals surface area contributed by atoms with Crippen LogP contribution in [0.3, 0.4) is 0 Å². The largest absolute Gasteiger partial charge is 0.492 e. The van der Waals surface area contributed by atoms with Gasteiger partial charge >= 0.3 is 0 Å². The molecule has 0 saturated carbocycles.